The second-order valence-electron chi connectivity index (χ2n) is 6.04. The fourth-order valence-corrected chi connectivity index (χ4v) is 2.81. The summed E-state index contributed by atoms with van der Waals surface area (Å²) < 4.78 is 0. The minimum atomic E-state index is 0.0686. The van der Waals surface area contributed by atoms with Crippen molar-refractivity contribution in [3.8, 4) is 0 Å². The third kappa shape index (κ3) is 3.04. The minimum Gasteiger partial charge on any atom is -0.396 e. The summed E-state index contributed by atoms with van der Waals surface area (Å²) in [7, 11) is 2.05. The first kappa shape index (κ1) is 13.8. The summed E-state index contributed by atoms with van der Waals surface area (Å²) in [6.45, 7) is 4.57. The summed E-state index contributed by atoms with van der Waals surface area (Å²) in [4.78, 5) is 16.3. The van der Waals surface area contributed by atoms with Crippen LogP contribution in [0.4, 0.5) is 0 Å². The molecular formula is C14H26N2O2. The smallest absolute Gasteiger partial charge is 0.236 e. The number of amides is 1. The molecule has 1 saturated heterocycles. The number of hydrogen-bond donors (Lipinski definition) is 1. The van der Waals surface area contributed by atoms with Crippen molar-refractivity contribution >= 4 is 5.91 Å². The molecule has 1 saturated carbocycles. The van der Waals surface area contributed by atoms with E-state index in [-0.39, 0.29) is 17.9 Å². The Morgan fingerprint density at radius 3 is 2.44 bits per heavy atom. The van der Waals surface area contributed by atoms with Crippen LogP contribution in [0.25, 0.3) is 0 Å². The molecule has 0 spiro atoms. The second kappa shape index (κ2) is 5.57. The lowest BCUT2D eigenvalue weighted by molar-refractivity contribution is -0.135. The van der Waals surface area contributed by atoms with Crippen molar-refractivity contribution in [3.05, 3.63) is 0 Å². The number of aliphatic hydroxyl groups is 1. The van der Waals surface area contributed by atoms with E-state index in [2.05, 4.69) is 11.8 Å². The molecule has 18 heavy (non-hydrogen) atoms. The molecule has 4 heteroatoms. The van der Waals surface area contributed by atoms with Gasteiger partial charge in [0.2, 0.25) is 5.91 Å². The molecule has 0 unspecified atom stereocenters. The van der Waals surface area contributed by atoms with Crippen LogP contribution in [-0.2, 0) is 4.79 Å². The standard InChI is InChI=1S/C14H26N2O2/c1-3-14(11-17)6-8-16(9-7-14)13(18)10-15(2)12-4-5-12/h12,17H,3-11H2,1-2H3. The van der Waals surface area contributed by atoms with E-state index < -0.39 is 0 Å². The van der Waals surface area contributed by atoms with Crippen LogP contribution in [0.2, 0.25) is 0 Å². The van der Waals surface area contributed by atoms with Crippen molar-refractivity contribution in [3.63, 3.8) is 0 Å². The van der Waals surface area contributed by atoms with E-state index in [4.69, 9.17) is 0 Å². The number of carbonyl (C=O) groups excluding carboxylic acids is 1. The first-order chi connectivity index (χ1) is 8.60. The fraction of sp³-hybridized carbons (Fsp3) is 0.929. The molecule has 4 nitrogen and oxygen atoms in total. The maximum atomic E-state index is 12.2. The van der Waals surface area contributed by atoms with Gasteiger partial charge in [-0.2, -0.15) is 0 Å². The first-order valence-electron chi connectivity index (χ1n) is 7.19. The molecule has 0 aromatic heterocycles. The largest absolute Gasteiger partial charge is 0.396 e. The lowest BCUT2D eigenvalue weighted by Gasteiger charge is -2.40. The average molecular weight is 254 g/mol. The minimum absolute atomic E-state index is 0.0686. The molecule has 1 amide bonds. The molecule has 0 radical (unpaired) electrons. The molecule has 1 aliphatic carbocycles. The summed E-state index contributed by atoms with van der Waals surface area (Å²) in [5.41, 5.74) is 0.0686. The zero-order chi connectivity index (χ0) is 13.2. The van der Waals surface area contributed by atoms with Crippen molar-refractivity contribution in [1.82, 2.24) is 9.80 Å². The Morgan fingerprint density at radius 1 is 1.39 bits per heavy atom. The highest BCUT2D eigenvalue weighted by Crippen LogP contribution is 2.34. The van der Waals surface area contributed by atoms with Crippen molar-refractivity contribution in [2.75, 3.05) is 33.3 Å². The normalized spacial score (nSPS) is 23.4. The van der Waals surface area contributed by atoms with Crippen LogP contribution in [-0.4, -0.2) is 60.1 Å². The number of rotatable bonds is 5. The Labute approximate surface area is 110 Å². The first-order valence-corrected chi connectivity index (χ1v) is 7.19. The van der Waals surface area contributed by atoms with E-state index >= 15 is 0 Å². The van der Waals surface area contributed by atoms with Crippen molar-refractivity contribution in [1.29, 1.82) is 0 Å². The summed E-state index contributed by atoms with van der Waals surface area (Å²) in [6.07, 6.45) is 5.38. The number of likely N-dealkylation sites (tertiary alicyclic amines) is 1. The zero-order valence-corrected chi connectivity index (χ0v) is 11.7. The Morgan fingerprint density at radius 2 is 2.00 bits per heavy atom. The van der Waals surface area contributed by atoms with Gasteiger partial charge in [0, 0.05) is 25.7 Å². The third-order valence-electron chi connectivity index (χ3n) is 4.82. The number of piperidine rings is 1. The van der Waals surface area contributed by atoms with Crippen molar-refractivity contribution in [2.45, 2.75) is 45.1 Å². The van der Waals surface area contributed by atoms with Gasteiger partial charge < -0.3 is 10.0 Å². The molecule has 1 aliphatic heterocycles. The van der Waals surface area contributed by atoms with Gasteiger partial charge in [0.25, 0.3) is 0 Å². The number of hydrogen-bond acceptors (Lipinski definition) is 3. The van der Waals surface area contributed by atoms with E-state index in [9.17, 15) is 9.90 Å². The molecule has 1 N–H and O–H groups in total. The van der Waals surface area contributed by atoms with Gasteiger partial charge in [-0.25, -0.2) is 0 Å². The SMILES string of the molecule is CCC1(CO)CCN(C(=O)CN(C)C2CC2)CC1. The summed E-state index contributed by atoms with van der Waals surface area (Å²) >= 11 is 0. The Balaban J connectivity index is 1.79. The van der Waals surface area contributed by atoms with E-state index in [1.54, 1.807) is 0 Å². The highest BCUT2D eigenvalue weighted by Gasteiger charge is 2.35. The number of aliphatic hydroxyl groups excluding tert-OH is 1. The van der Waals surface area contributed by atoms with Crippen LogP contribution in [0, 0.1) is 5.41 Å². The van der Waals surface area contributed by atoms with Gasteiger partial charge in [-0.05, 0) is 44.6 Å². The van der Waals surface area contributed by atoms with Gasteiger partial charge in [0.05, 0.1) is 6.54 Å². The predicted octanol–water partition coefficient (Wildman–Crippen LogP) is 1.09. The predicted molar refractivity (Wildman–Crippen MR) is 71.3 cm³/mol. The molecular weight excluding hydrogens is 228 g/mol. The monoisotopic (exact) mass is 254 g/mol. The van der Waals surface area contributed by atoms with Gasteiger partial charge in [-0.3, -0.25) is 9.69 Å². The maximum Gasteiger partial charge on any atom is 0.236 e. The molecule has 2 rings (SSSR count). The molecule has 0 atom stereocenters. The van der Waals surface area contributed by atoms with Gasteiger partial charge in [0.15, 0.2) is 0 Å². The molecule has 0 aromatic carbocycles. The van der Waals surface area contributed by atoms with Crippen LogP contribution in [0.15, 0.2) is 0 Å². The molecule has 2 fully saturated rings. The third-order valence-corrected chi connectivity index (χ3v) is 4.82. The molecule has 0 aromatic rings. The van der Waals surface area contributed by atoms with Gasteiger partial charge in [-0.15, -0.1) is 0 Å². The van der Waals surface area contributed by atoms with Crippen molar-refractivity contribution < 1.29 is 9.90 Å². The van der Waals surface area contributed by atoms with Gasteiger partial charge in [-0.1, -0.05) is 6.92 Å². The fourth-order valence-electron chi connectivity index (χ4n) is 2.81. The lowest BCUT2D eigenvalue weighted by Crippen LogP contribution is -2.47. The quantitative estimate of drug-likeness (QED) is 0.799. The van der Waals surface area contributed by atoms with Crippen LogP contribution >= 0.6 is 0 Å². The lowest BCUT2D eigenvalue weighted by atomic mass is 9.77. The second-order valence-corrected chi connectivity index (χ2v) is 6.04. The Kier molecular flexibility index (Phi) is 4.28. The highest BCUT2D eigenvalue weighted by molar-refractivity contribution is 5.78. The maximum absolute atomic E-state index is 12.2. The molecule has 2 aliphatic rings. The molecule has 104 valence electrons. The summed E-state index contributed by atoms with van der Waals surface area (Å²) in [5, 5.41) is 9.48. The van der Waals surface area contributed by atoms with Crippen LogP contribution in [0.3, 0.4) is 0 Å². The summed E-state index contributed by atoms with van der Waals surface area (Å²) in [6, 6.07) is 0.644. The van der Waals surface area contributed by atoms with Gasteiger partial charge in [0.1, 0.15) is 0 Å². The van der Waals surface area contributed by atoms with Crippen LogP contribution in [0.1, 0.15) is 39.0 Å². The number of likely N-dealkylation sites (N-methyl/N-ethyl adjacent to an activating group) is 1. The summed E-state index contributed by atoms with van der Waals surface area (Å²) in [5.74, 6) is 0.257. The average Bonchev–Trinajstić information content (AvgIpc) is 3.23. The van der Waals surface area contributed by atoms with Crippen LogP contribution in [0.5, 0.6) is 0 Å². The highest BCUT2D eigenvalue weighted by atomic mass is 16.3. The Hall–Kier alpha value is -0.610. The molecule has 0 bridgehead atoms. The topological polar surface area (TPSA) is 43.8 Å². The van der Waals surface area contributed by atoms with E-state index in [0.29, 0.717) is 12.6 Å². The molecule has 1 heterocycles. The number of nitrogens with zero attached hydrogens (tertiary/aromatic N) is 2. The van der Waals surface area contributed by atoms with E-state index in [0.717, 1.165) is 32.4 Å². The van der Waals surface area contributed by atoms with Crippen molar-refractivity contribution in [2.24, 2.45) is 5.41 Å². The van der Waals surface area contributed by atoms with Gasteiger partial charge >= 0.3 is 0 Å². The van der Waals surface area contributed by atoms with Crippen LogP contribution < -0.4 is 0 Å². The Bertz CT molecular complexity index is 288. The number of carbonyl (C=O) groups is 1. The van der Waals surface area contributed by atoms with E-state index in [1.807, 2.05) is 11.9 Å². The zero-order valence-electron chi connectivity index (χ0n) is 11.7. The van der Waals surface area contributed by atoms with E-state index in [1.165, 1.54) is 12.8 Å².